The molecule has 0 unspecified atom stereocenters. The molecule has 0 spiro atoms. The van der Waals surface area contributed by atoms with Crippen molar-refractivity contribution in [2.75, 3.05) is 17.8 Å². The van der Waals surface area contributed by atoms with Crippen LogP contribution in [0.25, 0.3) is 0 Å². The fourth-order valence-corrected chi connectivity index (χ4v) is 3.78. The minimum absolute atomic E-state index is 0.104. The number of hydrogen-bond donors (Lipinski definition) is 1. The fourth-order valence-electron chi connectivity index (χ4n) is 2.66. The van der Waals surface area contributed by atoms with Gasteiger partial charge in [-0.2, -0.15) is 13.2 Å². The van der Waals surface area contributed by atoms with Gasteiger partial charge in [0.25, 0.3) is 6.43 Å². The summed E-state index contributed by atoms with van der Waals surface area (Å²) < 4.78 is 68.3. The van der Waals surface area contributed by atoms with Gasteiger partial charge in [-0.3, -0.25) is 4.90 Å². The van der Waals surface area contributed by atoms with Gasteiger partial charge in [0.05, 0.1) is 12.1 Å². The van der Waals surface area contributed by atoms with Crippen LogP contribution in [0.5, 0.6) is 0 Å². The summed E-state index contributed by atoms with van der Waals surface area (Å²) in [6.45, 7) is 3.62. The first kappa shape index (κ1) is 27.1. The molecule has 0 atom stereocenters. The molecule has 0 aliphatic rings. The summed E-state index contributed by atoms with van der Waals surface area (Å²) in [6.07, 6.45) is -3.48. The lowest BCUT2D eigenvalue weighted by molar-refractivity contribution is -0.137. The van der Waals surface area contributed by atoms with E-state index in [4.69, 9.17) is 23.2 Å². The molecule has 2 nitrogen and oxygen atoms in total. The lowest BCUT2D eigenvalue weighted by Gasteiger charge is -2.23. The zero-order valence-corrected chi connectivity index (χ0v) is 19.0. The van der Waals surface area contributed by atoms with Gasteiger partial charge in [0, 0.05) is 27.7 Å². The van der Waals surface area contributed by atoms with Crippen LogP contribution in [0, 0.1) is 0 Å². The van der Waals surface area contributed by atoms with Crippen LogP contribution < -0.4 is 4.72 Å². The third-order valence-electron chi connectivity index (χ3n) is 4.06. The summed E-state index contributed by atoms with van der Waals surface area (Å²) in [4.78, 5) is 2.27. The number of halogens is 7. The Morgan fingerprint density at radius 1 is 1.30 bits per heavy atom. The molecule has 0 aromatic heterocycles. The molecule has 1 N–H and O–H groups in total. The highest BCUT2D eigenvalue weighted by Crippen LogP contribution is 2.35. The molecule has 0 fully saturated rings. The molecule has 0 saturated carbocycles. The maximum atomic E-state index is 13.2. The lowest BCUT2D eigenvalue weighted by Crippen LogP contribution is -2.29. The zero-order chi connectivity index (χ0) is 22.7. The number of nitrogens with zero attached hydrogens (tertiary/aromatic N) is 1. The van der Waals surface area contributed by atoms with Crippen LogP contribution in [0.3, 0.4) is 0 Å². The maximum absolute atomic E-state index is 13.2. The Bertz CT molecular complexity index is 720. The minimum atomic E-state index is -4.52. The third kappa shape index (κ3) is 9.90. The number of anilines is 1. The highest BCUT2D eigenvalue weighted by Gasteiger charge is 2.31. The molecule has 0 bridgehead atoms. The van der Waals surface area contributed by atoms with E-state index in [2.05, 4.69) is 4.72 Å². The van der Waals surface area contributed by atoms with Crippen molar-refractivity contribution in [3.05, 3.63) is 50.9 Å². The summed E-state index contributed by atoms with van der Waals surface area (Å²) in [5.41, 5.74) is 1.28. The van der Waals surface area contributed by atoms with Gasteiger partial charge < -0.3 is 4.72 Å². The molecule has 0 aliphatic heterocycles. The predicted octanol–water partition coefficient (Wildman–Crippen LogP) is 8.25. The van der Waals surface area contributed by atoms with Crippen molar-refractivity contribution >= 4 is 40.8 Å². The van der Waals surface area contributed by atoms with Gasteiger partial charge in [-0.1, -0.05) is 42.3 Å². The van der Waals surface area contributed by atoms with Gasteiger partial charge in [-0.25, -0.2) is 8.78 Å². The normalized spacial score (nSPS) is 13.4. The van der Waals surface area contributed by atoms with E-state index in [0.717, 1.165) is 29.0 Å². The van der Waals surface area contributed by atoms with Gasteiger partial charge in [0.2, 0.25) is 0 Å². The second kappa shape index (κ2) is 13.5. The van der Waals surface area contributed by atoms with Crippen LogP contribution in [0.2, 0.25) is 0 Å². The smallest absolute Gasteiger partial charge is 0.326 e. The van der Waals surface area contributed by atoms with Crippen molar-refractivity contribution in [1.29, 1.82) is 0 Å². The fraction of sp³-hybridized carbons (Fsp3) is 0.500. The van der Waals surface area contributed by atoms with Crippen LogP contribution in [-0.4, -0.2) is 24.4 Å². The average Bonchev–Trinajstić information content (AvgIpc) is 2.64. The maximum Gasteiger partial charge on any atom is 0.416 e. The standard InChI is InChI=1S/C20H25Cl2F5N2S/c1-3-10-29(13-19(23)24)12-15-7-8-16(20(25,26)27)11-17(15)28-30-18(14(2)22)6-4-5-9-21/h5,7-9,11,19,28H,3-4,6,10,12-13H2,1-2H3/b9-5+,18-14-. The molecule has 1 aromatic rings. The van der Waals surface area contributed by atoms with Gasteiger partial charge in [-0.05, 0) is 62.4 Å². The number of nitrogens with one attached hydrogen (secondary N) is 1. The number of allylic oxidation sites excluding steroid dienone is 3. The molecule has 30 heavy (non-hydrogen) atoms. The second-order valence-corrected chi connectivity index (χ2v) is 8.28. The highest BCUT2D eigenvalue weighted by molar-refractivity contribution is 8.04. The number of hydrogen-bond acceptors (Lipinski definition) is 3. The van der Waals surface area contributed by atoms with Gasteiger partial charge in [0.15, 0.2) is 0 Å². The lowest BCUT2D eigenvalue weighted by atomic mass is 10.1. The molecule has 0 amide bonds. The molecule has 1 aromatic carbocycles. The van der Waals surface area contributed by atoms with Crippen LogP contribution in [0.15, 0.2) is 39.7 Å². The van der Waals surface area contributed by atoms with Crippen LogP contribution in [0.4, 0.5) is 27.6 Å². The molecule has 0 aliphatic carbocycles. The number of rotatable bonds is 12. The first-order chi connectivity index (χ1) is 14.1. The quantitative estimate of drug-likeness (QED) is 0.234. The Hall–Kier alpha value is -0.960. The Labute approximate surface area is 188 Å². The topological polar surface area (TPSA) is 15.3 Å². The van der Waals surface area contributed by atoms with E-state index in [1.165, 1.54) is 16.5 Å². The Balaban J connectivity index is 3.13. The van der Waals surface area contributed by atoms with Crippen molar-refractivity contribution in [2.24, 2.45) is 0 Å². The third-order valence-corrected chi connectivity index (χ3v) is 5.66. The van der Waals surface area contributed by atoms with Crippen molar-refractivity contribution in [1.82, 2.24) is 4.90 Å². The highest BCUT2D eigenvalue weighted by atomic mass is 35.5. The van der Waals surface area contributed by atoms with E-state index < -0.39 is 24.7 Å². The van der Waals surface area contributed by atoms with Crippen LogP contribution in [-0.2, 0) is 12.7 Å². The number of benzene rings is 1. The van der Waals surface area contributed by atoms with E-state index in [0.29, 0.717) is 36.4 Å². The van der Waals surface area contributed by atoms with Gasteiger partial charge >= 0.3 is 6.18 Å². The summed E-state index contributed by atoms with van der Waals surface area (Å²) in [6, 6.07) is 3.29. The monoisotopic (exact) mass is 490 g/mol. The Kier molecular flexibility index (Phi) is 12.1. The van der Waals surface area contributed by atoms with Crippen molar-refractivity contribution < 1.29 is 22.0 Å². The van der Waals surface area contributed by atoms with Crippen molar-refractivity contribution in [3.8, 4) is 0 Å². The first-order valence-corrected chi connectivity index (χ1v) is 11.0. The number of alkyl halides is 5. The predicted molar refractivity (Wildman–Crippen MR) is 117 cm³/mol. The molecule has 0 heterocycles. The van der Waals surface area contributed by atoms with Crippen LogP contribution >= 0.6 is 35.1 Å². The molecular formula is C20H25Cl2F5N2S. The van der Waals surface area contributed by atoms with E-state index >= 15 is 0 Å². The Morgan fingerprint density at radius 2 is 2.00 bits per heavy atom. The molecule has 10 heteroatoms. The van der Waals surface area contributed by atoms with E-state index in [-0.39, 0.29) is 12.2 Å². The molecule has 0 saturated heterocycles. The largest absolute Gasteiger partial charge is 0.416 e. The zero-order valence-electron chi connectivity index (χ0n) is 16.7. The minimum Gasteiger partial charge on any atom is -0.326 e. The molecular weight excluding hydrogens is 466 g/mol. The summed E-state index contributed by atoms with van der Waals surface area (Å²) in [7, 11) is 0. The first-order valence-electron chi connectivity index (χ1n) is 9.32. The second-order valence-electron chi connectivity index (χ2n) is 6.56. The molecule has 0 radical (unpaired) electrons. The van der Waals surface area contributed by atoms with E-state index in [1.807, 2.05) is 6.92 Å². The van der Waals surface area contributed by atoms with E-state index in [9.17, 15) is 22.0 Å². The van der Waals surface area contributed by atoms with Gasteiger partial charge in [-0.15, -0.1) is 0 Å². The average molecular weight is 491 g/mol. The summed E-state index contributed by atoms with van der Waals surface area (Å²) in [5, 5.41) is 0.509. The van der Waals surface area contributed by atoms with Crippen molar-refractivity contribution in [2.45, 2.75) is 52.3 Å². The van der Waals surface area contributed by atoms with Crippen molar-refractivity contribution in [3.63, 3.8) is 0 Å². The Morgan fingerprint density at radius 3 is 2.53 bits per heavy atom. The summed E-state index contributed by atoms with van der Waals surface area (Å²) >= 11 is 12.7. The summed E-state index contributed by atoms with van der Waals surface area (Å²) in [5.74, 6) is 0. The SMILES string of the molecule is CCCN(Cc1ccc(C(F)(F)F)cc1NS/C(CC/C=C/Cl)=C(/C)Cl)CC(F)F. The molecule has 1 rings (SSSR count). The van der Waals surface area contributed by atoms with Crippen LogP contribution in [0.1, 0.15) is 44.2 Å². The molecule has 170 valence electrons. The van der Waals surface area contributed by atoms with E-state index in [1.54, 1.807) is 13.0 Å². The van der Waals surface area contributed by atoms with Gasteiger partial charge in [0.1, 0.15) is 0 Å².